The Kier molecular flexibility index (Phi) is 4.28. The van der Waals surface area contributed by atoms with Crippen molar-refractivity contribution in [3.8, 4) is 5.88 Å². The Balaban J connectivity index is 1.43. The number of nitrogens with zero attached hydrogens (tertiary/aromatic N) is 4. The number of benzene rings is 1. The van der Waals surface area contributed by atoms with E-state index in [2.05, 4.69) is 15.4 Å². The van der Waals surface area contributed by atoms with Crippen molar-refractivity contribution >= 4 is 16.7 Å². The molecule has 0 N–H and O–H groups in total. The fourth-order valence-corrected chi connectivity index (χ4v) is 3.37. The molecule has 4 rings (SSSR count). The van der Waals surface area contributed by atoms with Crippen LogP contribution in [0.5, 0.6) is 5.88 Å². The van der Waals surface area contributed by atoms with E-state index in [1.807, 2.05) is 29.2 Å². The van der Waals surface area contributed by atoms with Crippen molar-refractivity contribution < 1.29 is 14.1 Å². The molecule has 1 aliphatic rings. The number of aromatic nitrogens is 3. The molecule has 0 saturated carbocycles. The third-order valence-electron chi connectivity index (χ3n) is 4.79. The molecule has 1 fully saturated rings. The van der Waals surface area contributed by atoms with Gasteiger partial charge in [0.05, 0.1) is 11.9 Å². The zero-order valence-electron chi connectivity index (χ0n) is 14.8. The van der Waals surface area contributed by atoms with Crippen molar-refractivity contribution in [1.29, 1.82) is 0 Å². The number of piperidine rings is 1. The lowest BCUT2D eigenvalue weighted by atomic mass is 10.1. The summed E-state index contributed by atoms with van der Waals surface area (Å²) in [5, 5.41) is 14.0. The van der Waals surface area contributed by atoms with Crippen molar-refractivity contribution in [2.24, 2.45) is 0 Å². The first-order valence-electron chi connectivity index (χ1n) is 8.72. The van der Waals surface area contributed by atoms with E-state index in [4.69, 9.17) is 9.26 Å². The third kappa shape index (κ3) is 3.00. The van der Waals surface area contributed by atoms with Gasteiger partial charge in [-0.05, 0) is 19.9 Å². The molecule has 1 aliphatic heterocycles. The van der Waals surface area contributed by atoms with Gasteiger partial charge in [0.15, 0.2) is 0 Å². The molecule has 1 amide bonds. The van der Waals surface area contributed by atoms with E-state index >= 15 is 0 Å². The number of hydrogen-bond donors (Lipinski definition) is 0. The highest BCUT2D eigenvalue weighted by Crippen LogP contribution is 2.25. The minimum atomic E-state index is -0.0235. The van der Waals surface area contributed by atoms with Gasteiger partial charge in [0.25, 0.3) is 5.91 Å². The quantitative estimate of drug-likeness (QED) is 0.721. The highest BCUT2D eigenvalue weighted by molar-refractivity contribution is 5.96. The fraction of sp³-hybridized carbons (Fsp3) is 0.368. The molecule has 26 heavy (non-hydrogen) atoms. The van der Waals surface area contributed by atoms with Gasteiger partial charge < -0.3 is 14.2 Å². The Bertz CT molecular complexity index is 920. The molecule has 7 nitrogen and oxygen atoms in total. The van der Waals surface area contributed by atoms with Crippen molar-refractivity contribution in [1.82, 2.24) is 20.3 Å². The van der Waals surface area contributed by atoms with Gasteiger partial charge in [0.1, 0.15) is 17.4 Å². The topological polar surface area (TPSA) is 81.4 Å². The molecule has 0 aliphatic carbocycles. The van der Waals surface area contributed by atoms with Crippen LogP contribution in [0.2, 0.25) is 0 Å². The Morgan fingerprint density at radius 3 is 2.73 bits per heavy atom. The molecule has 7 heteroatoms. The standard InChI is InChI=1S/C19H20N4O3/c1-12-17(13(2)26-22-12)19(24)23-9-7-15(8-10-23)25-18-16-6-4-3-5-14(16)11-20-21-18/h3-6,11,15H,7-10H2,1-2H3. The van der Waals surface area contributed by atoms with Crippen LogP contribution in [0.1, 0.15) is 34.7 Å². The predicted molar refractivity (Wildman–Crippen MR) is 95.1 cm³/mol. The van der Waals surface area contributed by atoms with Crippen LogP contribution < -0.4 is 4.74 Å². The largest absolute Gasteiger partial charge is 0.473 e. The van der Waals surface area contributed by atoms with E-state index in [-0.39, 0.29) is 12.0 Å². The summed E-state index contributed by atoms with van der Waals surface area (Å²) in [6.45, 7) is 4.82. The van der Waals surface area contributed by atoms with Crippen molar-refractivity contribution in [3.63, 3.8) is 0 Å². The molecule has 0 spiro atoms. The molecule has 3 heterocycles. The molecular formula is C19H20N4O3. The summed E-state index contributed by atoms with van der Waals surface area (Å²) < 4.78 is 11.2. The second-order valence-electron chi connectivity index (χ2n) is 6.55. The summed E-state index contributed by atoms with van der Waals surface area (Å²) in [4.78, 5) is 14.5. The number of ether oxygens (including phenoxy) is 1. The Morgan fingerprint density at radius 2 is 2.00 bits per heavy atom. The average Bonchev–Trinajstić information content (AvgIpc) is 3.00. The Morgan fingerprint density at radius 1 is 1.23 bits per heavy atom. The van der Waals surface area contributed by atoms with Crippen LogP contribution >= 0.6 is 0 Å². The van der Waals surface area contributed by atoms with E-state index in [0.717, 1.165) is 23.6 Å². The first-order valence-corrected chi connectivity index (χ1v) is 8.72. The summed E-state index contributed by atoms with van der Waals surface area (Å²) in [6, 6.07) is 7.89. The maximum atomic E-state index is 12.7. The first-order chi connectivity index (χ1) is 12.6. The van der Waals surface area contributed by atoms with Crippen molar-refractivity contribution in [2.45, 2.75) is 32.8 Å². The number of amides is 1. The molecule has 1 saturated heterocycles. The molecular weight excluding hydrogens is 332 g/mol. The zero-order valence-corrected chi connectivity index (χ0v) is 14.8. The molecule has 0 radical (unpaired) electrons. The fourth-order valence-electron chi connectivity index (χ4n) is 3.37. The van der Waals surface area contributed by atoms with Crippen LogP contribution in [0.3, 0.4) is 0 Å². The lowest BCUT2D eigenvalue weighted by Gasteiger charge is -2.32. The second-order valence-corrected chi connectivity index (χ2v) is 6.55. The molecule has 2 aromatic heterocycles. The molecule has 134 valence electrons. The molecule has 3 aromatic rings. The number of carbonyl (C=O) groups is 1. The van der Waals surface area contributed by atoms with Gasteiger partial charge in [-0.3, -0.25) is 4.79 Å². The number of aryl methyl sites for hydroxylation is 2. The summed E-state index contributed by atoms with van der Waals surface area (Å²) in [7, 11) is 0. The maximum Gasteiger partial charge on any atom is 0.259 e. The number of rotatable bonds is 3. The number of fused-ring (bicyclic) bond motifs is 1. The molecule has 0 bridgehead atoms. The Labute approximate surface area is 150 Å². The minimum absolute atomic E-state index is 0.0174. The van der Waals surface area contributed by atoms with Crippen LogP contribution in [-0.2, 0) is 0 Å². The van der Waals surface area contributed by atoms with E-state index in [1.165, 1.54) is 0 Å². The van der Waals surface area contributed by atoms with Gasteiger partial charge in [0, 0.05) is 36.7 Å². The molecule has 1 aromatic carbocycles. The van der Waals surface area contributed by atoms with Crippen LogP contribution in [0.15, 0.2) is 35.0 Å². The zero-order chi connectivity index (χ0) is 18.1. The first kappa shape index (κ1) is 16.5. The normalized spacial score (nSPS) is 15.4. The third-order valence-corrected chi connectivity index (χ3v) is 4.79. The second kappa shape index (κ2) is 6.74. The number of carbonyl (C=O) groups excluding carboxylic acids is 1. The van der Waals surface area contributed by atoms with Crippen LogP contribution in [0, 0.1) is 13.8 Å². The number of likely N-dealkylation sites (tertiary alicyclic amines) is 1. The molecule has 0 unspecified atom stereocenters. The van der Waals surface area contributed by atoms with E-state index < -0.39 is 0 Å². The highest BCUT2D eigenvalue weighted by Gasteiger charge is 2.28. The van der Waals surface area contributed by atoms with Gasteiger partial charge in [-0.15, -0.1) is 5.10 Å². The molecule has 0 atom stereocenters. The minimum Gasteiger partial charge on any atom is -0.473 e. The SMILES string of the molecule is Cc1noc(C)c1C(=O)N1CCC(Oc2nncc3ccccc23)CC1. The van der Waals surface area contributed by atoms with Gasteiger partial charge >= 0.3 is 0 Å². The van der Waals surface area contributed by atoms with Crippen LogP contribution in [0.25, 0.3) is 10.8 Å². The van der Waals surface area contributed by atoms with Crippen molar-refractivity contribution in [3.05, 3.63) is 47.5 Å². The summed E-state index contributed by atoms with van der Waals surface area (Å²) >= 11 is 0. The van der Waals surface area contributed by atoms with Crippen LogP contribution in [0.4, 0.5) is 0 Å². The van der Waals surface area contributed by atoms with Gasteiger partial charge in [0.2, 0.25) is 5.88 Å². The highest BCUT2D eigenvalue weighted by atomic mass is 16.5. The summed E-state index contributed by atoms with van der Waals surface area (Å²) in [5.74, 6) is 1.10. The van der Waals surface area contributed by atoms with Gasteiger partial charge in [-0.1, -0.05) is 23.4 Å². The average molecular weight is 352 g/mol. The van der Waals surface area contributed by atoms with E-state index in [0.29, 0.717) is 36.0 Å². The van der Waals surface area contributed by atoms with E-state index in [1.54, 1.807) is 20.0 Å². The van der Waals surface area contributed by atoms with E-state index in [9.17, 15) is 4.79 Å². The summed E-state index contributed by atoms with van der Waals surface area (Å²) in [5.41, 5.74) is 1.21. The maximum absolute atomic E-state index is 12.7. The predicted octanol–water partition coefficient (Wildman–Crippen LogP) is 2.92. The summed E-state index contributed by atoms with van der Waals surface area (Å²) in [6.07, 6.45) is 3.25. The smallest absolute Gasteiger partial charge is 0.259 e. The monoisotopic (exact) mass is 352 g/mol. The lowest BCUT2D eigenvalue weighted by molar-refractivity contribution is 0.0587. The Hall–Kier alpha value is -2.96. The number of hydrogen-bond acceptors (Lipinski definition) is 6. The van der Waals surface area contributed by atoms with Gasteiger partial charge in [-0.25, -0.2) is 0 Å². The lowest BCUT2D eigenvalue weighted by Crippen LogP contribution is -2.42. The van der Waals surface area contributed by atoms with Crippen molar-refractivity contribution in [2.75, 3.05) is 13.1 Å². The van der Waals surface area contributed by atoms with Gasteiger partial charge in [-0.2, -0.15) is 5.10 Å². The van der Waals surface area contributed by atoms with Crippen LogP contribution in [-0.4, -0.2) is 45.4 Å².